The van der Waals surface area contributed by atoms with Crippen LogP contribution in [-0.4, -0.2) is 15.0 Å². The van der Waals surface area contributed by atoms with Crippen LogP contribution in [0.25, 0.3) is 0 Å². The molecule has 1 saturated carbocycles. The van der Waals surface area contributed by atoms with Gasteiger partial charge in [0, 0.05) is 0 Å². The quantitative estimate of drug-likeness (QED) is 0.852. The fourth-order valence-corrected chi connectivity index (χ4v) is 4.41. The van der Waals surface area contributed by atoms with Crippen LogP contribution in [0.3, 0.4) is 0 Å². The monoisotopic (exact) mass is 282 g/mol. The number of rotatable bonds is 4. The molecule has 3 aliphatic carbocycles. The van der Waals surface area contributed by atoms with E-state index >= 15 is 0 Å². The Labute approximate surface area is 114 Å². The van der Waals surface area contributed by atoms with E-state index in [0.29, 0.717) is 5.92 Å². The van der Waals surface area contributed by atoms with Crippen LogP contribution in [0.15, 0.2) is 24.3 Å². The minimum absolute atomic E-state index is 0.0999. The minimum Gasteiger partial charge on any atom is -0.248 e. The largest absolute Gasteiger partial charge is 0.400 e. The molecule has 0 heterocycles. The number of fused-ring (bicyclic) bond motifs is 2. The minimum atomic E-state index is -3.92. The zero-order chi connectivity index (χ0) is 13.5. The Balaban J connectivity index is 2.01. The highest BCUT2D eigenvalue weighted by molar-refractivity contribution is 7.81. The fraction of sp³-hybridized carbons (Fsp3) is 0.571. The summed E-state index contributed by atoms with van der Waals surface area (Å²) in [5.41, 5.74) is 1.56. The van der Waals surface area contributed by atoms with Gasteiger partial charge < -0.3 is 0 Å². The molecule has 0 aromatic heterocycles. The van der Waals surface area contributed by atoms with E-state index in [0.717, 1.165) is 31.2 Å². The lowest BCUT2D eigenvalue weighted by atomic mass is 9.64. The smallest absolute Gasteiger partial charge is 0.248 e. The highest BCUT2D eigenvalue weighted by Crippen LogP contribution is 2.54. The van der Waals surface area contributed by atoms with Crippen LogP contribution in [0, 0.1) is 0 Å². The average molecular weight is 282 g/mol. The summed E-state index contributed by atoms with van der Waals surface area (Å²) < 4.78 is 33.9. The number of benzene rings is 1. The summed E-state index contributed by atoms with van der Waals surface area (Å²) in [6, 6.07) is 8.02. The normalized spacial score (nSPS) is 29.2. The van der Waals surface area contributed by atoms with Crippen LogP contribution in [0.2, 0.25) is 0 Å². The summed E-state index contributed by atoms with van der Waals surface area (Å²) in [5, 5.41) is 0. The summed E-state index contributed by atoms with van der Waals surface area (Å²) in [6.45, 7) is 1.74. The standard InChI is InChI=1S/C14H18O4S/c1-2-17-19(15,16)18-14-9-7-11(8-10-14)12-5-3-4-6-13(12)14/h3-6,11H,2,7-10H2,1H3. The van der Waals surface area contributed by atoms with Gasteiger partial charge in [0.2, 0.25) is 0 Å². The molecule has 0 atom stereocenters. The van der Waals surface area contributed by atoms with Crippen molar-refractivity contribution in [3.8, 4) is 0 Å². The van der Waals surface area contributed by atoms with E-state index in [-0.39, 0.29) is 6.61 Å². The molecule has 19 heavy (non-hydrogen) atoms. The van der Waals surface area contributed by atoms with E-state index in [2.05, 4.69) is 6.07 Å². The van der Waals surface area contributed by atoms with Gasteiger partial charge in [-0.15, -0.1) is 0 Å². The molecule has 3 aliphatic rings. The van der Waals surface area contributed by atoms with Gasteiger partial charge in [-0.1, -0.05) is 24.3 Å². The third kappa shape index (κ3) is 2.20. The summed E-state index contributed by atoms with van der Waals surface area (Å²) in [5.74, 6) is 0.552. The molecular weight excluding hydrogens is 264 g/mol. The van der Waals surface area contributed by atoms with Crippen molar-refractivity contribution in [3.05, 3.63) is 35.4 Å². The maximum absolute atomic E-state index is 11.8. The van der Waals surface area contributed by atoms with Crippen molar-refractivity contribution in [2.75, 3.05) is 6.61 Å². The van der Waals surface area contributed by atoms with Crippen molar-refractivity contribution in [2.45, 2.75) is 44.1 Å². The zero-order valence-electron chi connectivity index (χ0n) is 11.0. The van der Waals surface area contributed by atoms with E-state index in [9.17, 15) is 8.42 Å². The fourth-order valence-electron chi connectivity index (χ4n) is 3.42. The third-order valence-corrected chi connectivity index (χ3v) is 5.26. The second-order valence-electron chi connectivity index (χ2n) is 5.25. The van der Waals surface area contributed by atoms with Gasteiger partial charge in [-0.25, -0.2) is 8.37 Å². The molecule has 5 heteroatoms. The van der Waals surface area contributed by atoms with Crippen molar-refractivity contribution in [1.29, 1.82) is 0 Å². The Morgan fingerprint density at radius 1 is 1.26 bits per heavy atom. The number of hydrogen-bond acceptors (Lipinski definition) is 4. The lowest BCUT2D eigenvalue weighted by molar-refractivity contribution is -0.00229. The molecule has 1 aromatic rings. The first-order valence-corrected chi connectivity index (χ1v) is 8.09. The molecule has 0 N–H and O–H groups in total. The van der Waals surface area contributed by atoms with Crippen molar-refractivity contribution in [1.82, 2.24) is 0 Å². The SMILES string of the molecule is CCOS(=O)(=O)OC12CCC(CC1)c1ccccc12. The van der Waals surface area contributed by atoms with Gasteiger partial charge in [0.1, 0.15) is 5.60 Å². The Bertz CT molecular complexity index is 571. The first-order valence-electron chi connectivity index (χ1n) is 6.76. The van der Waals surface area contributed by atoms with Crippen LogP contribution < -0.4 is 0 Å². The molecule has 0 unspecified atom stereocenters. The third-order valence-electron chi connectivity index (χ3n) is 4.21. The van der Waals surface area contributed by atoms with Crippen molar-refractivity contribution < 1.29 is 16.8 Å². The maximum atomic E-state index is 11.8. The van der Waals surface area contributed by atoms with Gasteiger partial charge >= 0.3 is 10.4 Å². The van der Waals surface area contributed by atoms with Gasteiger partial charge in [0.25, 0.3) is 0 Å². The first kappa shape index (κ1) is 13.1. The van der Waals surface area contributed by atoms with Crippen molar-refractivity contribution in [2.24, 2.45) is 0 Å². The van der Waals surface area contributed by atoms with E-state index < -0.39 is 16.0 Å². The van der Waals surface area contributed by atoms with Crippen molar-refractivity contribution in [3.63, 3.8) is 0 Å². The maximum Gasteiger partial charge on any atom is 0.400 e. The first-order chi connectivity index (χ1) is 9.06. The van der Waals surface area contributed by atoms with Crippen LogP contribution in [0.5, 0.6) is 0 Å². The summed E-state index contributed by atoms with van der Waals surface area (Å²) in [4.78, 5) is 0. The van der Waals surface area contributed by atoms with Crippen LogP contribution >= 0.6 is 0 Å². The Kier molecular flexibility index (Phi) is 3.15. The lowest BCUT2D eigenvalue weighted by Crippen LogP contribution is -2.42. The average Bonchev–Trinajstić information content (AvgIpc) is 2.39. The topological polar surface area (TPSA) is 52.6 Å². The summed E-state index contributed by atoms with van der Waals surface area (Å²) in [7, 11) is -3.92. The molecule has 0 amide bonds. The molecule has 104 valence electrons. The predicted octanol–water partition coefficient (Wildman–Crippen LogP) is 2.85. The second-order valence-corrected chi connectivity index (χ2v) is 6.47. The highest BCUT2D eigenvalue weighted by Gasteiger charge is 2.48. The van der Waals surface area contributed by atoms with Crippen molar-refractivity contribution >= 4 is 10.4 Å². The van der Waals surface area contributed by atoms with E-state index in [1.807, 2.05) is 18.2 Å². The second kappa shape index (κ2) is 4.58. The van der Waals surface area contributed by atoms with E-state index in [1.165, 1.54) is 5.56 Å². The molecule has 1 fully saturated rings. The molecule has 4 nitrogen and oxygen atoms in total. The predicted molar refractivity (Wildman–Crippen MR) is 71.0 cm³/mol. The highest BCUT2D eigenvalue weighted by atomic mass is 32.3. The zero-order valence-corrected chi connectivity index (χ0v) is 11.8. The van der Waals surface area contributed by atoms with Crippen LogP contribution in [-0.2, 0) is 24.4 Å². The van der Waals surface area contributed by atoms with Gasteiger partial charge in [-0.2, -0.15) is 8.42 Å². The molecular formula is C14H18O4S. The van der Waals surface area contributed by atoms with Crippen LogP contribution in [0.4, 0.5) is 0 Å². The molecule has 0 aliphatic heterocycles. The van der Waals surface area contributed by atoms with Gasteiger partial charge in [0.15, 0.2) is 0 Å². The molecule has 0 spiro atoms. The molecule has 2 bridgehead atoms. The summed E-state index contributed by atoms with van der Waals surface area (Å²) in [6.07, 6.45) is 3.47. The van der Waals surface area contributed by atoms with Gasteiger partial charge in [0.05, 0.1) is 6.61 Å². The van der Waals surface area contributed by atoms with Crippen LogP contribution in [0.1, 0.15) is 49.7 Å². The molecule has 4 rings (SSSR count). The van der Waals surface area contributed by atoms with E-state index in [1.54, 1.807) is 6.92 Å². The Morgan fingerprint density at radius 2 is 1.95 bits per heavy atom. The summed E-state index contributed by atoms with van der Waals surface area (Å²) >= 11 is 0. The Hall–Kier alpha value is -0.910. The van der Waals surface area contributed by atoms with E-state index in [4.69, 9.17) is 8.37 Å². The lowest BCUT2D eigenvalue weighted by Gasteiger charge is -2.46. The Morgan fingerprint density at radius 3 is 2.63 bits per heavy atom. The molecule has 0 radical (unpaired) electrons. The molecule has 0 saturated heterocycles. The number of hydrogen-bond donors (Lipinski definition) is 0. The van der Waals surface area contributed by atoms with Gasteiger partial charge in [-0.3, -0.25) is 0 Å². The molecule has 1 aromatic carbocycles. The van der Waals surface area contributed by atoms with Gasteiger partial charge in [-0.05, 0) is 49.7 Å².